The minimum Gasteiger partial charge on any atom is -0.370 e. The summed E-state index contributed by atoms with van der Waals surface area (Å²) in [6, 6.07) is 0. The molecule has 0 unspecified atom stereocenters. The van der Waals surface area contributed by atoms with Crippen LogP contribution in [0.2, 0.25) is 0 Å². The van der Waals surface area contributed by atoms with Crippen molar-refractivity contribution in [3.8, 4) is 0 Å². The lowest BCUT2D eigenvalue weighted by atomic mass is 9.82. The van der Waals surface area contributed by atoms with Gasteiger partial charge in [-0.1, -0.05) is 69.7 Å². The monoisotopic (exact) mass is 431 g/mol. The van der Waals surface area contributed by atoms with Crippen molar-refractivity contribution in [1.82, 2.24) is 5.32 Å². The van der Waals surface area contributed by atoms with E-state index in [9.17, 15) is 9.59 Å². The zero-order valence-corrected chi connectivity index (χ0v) is 21.2. The predicted octanol–water partition coefficient (Wildman–Crippen LogP) is 5.61. The number of rotatable bonds is 11. The van der Waals surface area contributed by atoms with E-state index in [4.69, 9.17) is 11.5 Å². The summed E-state index contributed by atoms with van der Waals surface area (Å²) in [5.41, 5.74) is 9.95. The van der Waals surface area contributed by atoms with Crippen molar-refractivity contribution in [2.45, 2.75) is 102 Å². The molecular formula is C25H57N3O2. The Morgan fingerprint density at radius 2 is 1.03 bits per heavy atom. The normalized spacial score (nSPS) is 10.6. The lowest BCUT2D eigenvalue weighted by Gasteiger charge is -2.24. The minimum atomic E-state index is -0.179. The maximum atomic E-state index is 11.3. The van der Waals surface area contributed by atoms with E-state index in [1.807, 2.05) is 13.8 Å². The topological polar surface area (TPSA) is 98.2 Å². The minimum absolute atomic E-state index is 0. The maximum absolute atomic E-state index is 11.3. The molecule has 5 nitrogen and oxygen atoms in total. The Balaban J connectivity index is -0.000000195. The Bertz CT molecular complexity index is 378. The fourth-order valence-electron chi connectivity index (χ4n) is 3.77. The molecule has 0 saturated carbocycles. The zero-order chi connectivity index (χ0) is 23.6. The van der Waals surface area contributed by atoms with Gasteiger partial charge in [0.25, 0.3) is 0 Å². The van der Waals surface area contributed by atoms with Crippen LogP contribution in [0.4, 0.5) is 0 Å². The zero-order valence-electron chi connectivity index (χ0n) is 21.2. The molecule has 2 amide bonds. The smallest absolute Gasteiger partial charge is 0.219 e. The molecule has 5 N–H and O–H groups in total. The van der Waals surface area contributed by atoms with Gasteiger partial charge in [-0.05, 0) is 61.8 Å². The van der Waals surface area contributed by atoms with Gasteiger partial charge in [-0.25, -0.2) is 0 Å². The van der Waals surface area contributed by atoms with E-state index in [1.54, 1.807) is 0 Å². The molecule has 5 heteroatoms. The van der Waals surface area contributed by atoms with Crippen LogP contribution < -0.4 is 16.8 Å². The average Bonchev–Trinajstić information content (AvgIpc) is 2.55. The molecule has 0 spiro atoms. The van der Waals surface area contributed by atoms with Gasteiger partial charge >= 0.3 is 0 Å². The van der Waals surface area contributed by atoms with Gasteiger partial charge < -0.3 is 16.8 Å². The largest absolute Gasteiger partial charge is 0.370 e. The van der Waals surface area contributed by atoms with Crippen molar-refractivity contribution in [3.63, 3.8) is 0 Å². The Labute approximate surface area is 189 Å². The Hall–Kier alpha value is -1.10. The quantitative estimate of drug-likeness (QED) is 0.396. The average molecular weight is 432 g/mol. The highest BCUT2D eigenvalue weighted by Crippen LogP contribution is 2.25. The molecule has 0 fully saturated rings. The van der Waals surface area contributed by atoms with Gasteiger partial charge in [0.15, 0.2) is 0 Å². The van der Waals surface area contributed by atoms with Crippen LogP contribution in [-0.4, -0.2) is 24.9 Å². The van der Waals surface area contributed by atoms with E-state index < -0.39 is 0 Å². The number of hydrogen-bond acceptors (Lipinski definition) is 3. The summed E-state index contributed by atoms with van der Waals surface area (Å²) < 4.78 is 0. The number of hydrogen-bond donors (Lipinski definition) is 3. The molecule has 0 aromatic rings. The highest BCUT2D eigenvalue weighted by atomic mass is 16.1. The van der Waals surface area contributed by atoms with Gasteiger partial charge in [0, 0.05) is 19.4 Å². The van der Waals surface area contributed by atoms with Crippen LogP contribution in [0, 0.1) is 35.5 Å². The summed E-state index contributed by atoms with van der Waals surface area (Å²) in [5.74, 6) is 3.93. The van der Waals surface area contributed by atoms with Gasteiger partial charge in [0.05, 0.1) is 0 Å². The second-order valence-electron chi connectivity index (χ2n) is 9.21. The van der Waals surface area contributed by atoms with Crippen LogP contribution in [0.1, 0.15) is 102 Å². The number of carbonyl (C=O) groups is 2. The summed E-state index contributed by atoms with van der Waals surface area (Å²) >= 11 is 0. The van der Waals surface area contributed by atoms with Gasteiger partial charge in [-0.3, -0.25) is 9.59 Å². The van der Waals surface area contributed by atoms with Gasteiger partial charge in [0.1, 0.15) is 0 Å². The predicted molar refractivity (Wildman–Crippen MR) is 134 cm³/mol. The molecule has 0 saturated heterocycles. The van der Waals surface area contributed by atoms with Crippen molar-refractivity contribution < 1.29 is 9.59 Å². The van der Waals surface area contributed by atoms with E-state index in [1.165, 1.54) is 0 Å². The van der Waals surface area contributed by atoms with E-state index in [0.717, 1.165) is 25.9 Å². The highest BCUT2D eigenvalue weighted by molar-refractivity contribution is 5.75. The Morgan fingerprint density at radius 1 is 0.733 bits per heavy atom. The molecule has 0 heterocycles. The first-order chi connectivity index (χ1) is 13.3. The van der Waals surface area contributed by atoms with Crippen molar-refractivity contribution >= 4 is 11.8 Å². The van der Waals surface area contributed by atoms with Crippen LogP contribution in [0.25, 0.3) is 0 Å². The van der Waals surface area contributed by atoms with Crippen LogP contribution in [0.3, 0.4) is 0 Å². The first-order valence-electron chi connectivity index (χ1n) is 11.6. The molecule has 0 aromatic carbocycles. The van der Waals surface area contributed by atoms with Crippen molar-refractivity contribution in [2.24, 2.45) is 47.0 Å². The molecule has 0 aliphatic carbocycles. The fraction of sp³-hybridized carbons (Fsp3) is 0.920. The van der Waals surface area contributed by atoms with E-state index in [2.05, 4.69) is 60.7 Å². The summed E-state index contributed by atoms with van der Waals surface area (Å²) in [6.45, 7) is 23.1. The third-order valence-electron chi connectivity index (χ3n) is 5.23. The van der Waals surface area contributed by atoms with Crippen molar-refractivity contribution in [1.29, 1.82) is 0 Å². The molecule has 0 aliphatic rings. The number of primary amides is 1. The molecule has 0 aliphatic heterocycles. The van der Waals surface area contributed by atoms with Crippen LogP contribution >= 0.6 is 0 Å². The molecule has 0 radical (unpaired) electrons. The summed E-state index contributed by atoms with van der Waals surface area (Å²) in [5, 5.41) is 2.84. The lowest BCUT2D eigenvalue weighted by Crippen LogP contribution is -2.25. The Morgan fingerprint density at radius 3 is 1.27 bits per heavy atom. The van der Waals surface area contributed by atoms with Crippen molar-refractivity contribution in [3.05, 3.63) is 0 Å². The maximum Gasteiger partial charge on any atom is 0.219 e. The van der Waals surface area contributed by atoms with Crippen LogP contribution in [0.5, 0.6) is 0 Å². The van der Waals surface area contributed by atoms with E-state index in [-0.39, 0.29) is 19.2 Å². The lowest BCUT2D eigenvalue weighted by molar-refractivity contribution is -0.121. The van der Waals surface area contributed by atoms with E-state index >= 15 is 0 Å². The fourth-order valence-corrected chi connectivity index (χ4v) is 3.77. The second-order valence-corrected chi connectivity index (χ2v) is 9.21. The summed E-state index contributed by atoms with van der Waals surface area (Å²) in [6.07, 6.45) is 3.15. The van der Waals surface area contributed by atoms with Crippen LogP contribution in [0.15, 0.2) is 0 Å². The number of carbonyl (C=O) groups excluding carboxylic acids is 2. The SMILES string of the molecule is C.CC(C)C(CCC(N)=O)C(C)C.CCN.CCNC(=O)CCC(C(C)C)C(C)C. The van der Waals surface area contributed by atoms with E-state index in [0.29, 0.717) is 48.3 Å². The molecule has 184 valence electrons. The highest BCUT2D eigenvalue weighted by Gasteiger charge is 2.18. The van der Waals surface area contributed by atoms with Gasteiger partial charge in [-0.15, -0.1) is 0 Å². The third kappa shape index (κ3) is 23.2. The number of amides is 2. The van der Waals surface area contributed by atoms with Crippen LogP contribution in [-0.2, 0) is 9.59 Å². The van der Waals surface area contributed by atoms with Gasteiger partial charge in [0.2, 0.25) is 11.8 Å². The molecule has 0 rings (SSSR count). The molecule has 0 aromatic heterocycles. The molecule has 0 atom stereocenters. The van der Waals surface area contributed by atoms with Gasteiger partial charge in [-0.2, -0.15) is 0 Å². The summed E-state index contributed by atoms with van der Waals surface area (Å²) in [7, 11) is 0. The standard InChI is InChI=1S/C12H25NO.C10H21NO.C2H7N.CH4/c1-6-13-12(14)8-7-11(9(2)3)10(4)5;1-7(2)9(8(3)4)5-6-10(11)12;1-2-3;/h9-11H,6-8H2,1-5H3,(H,13,14);7-9H,5-6H2,1-4H3,(H2,11,12);2-3H2,1H3;1H4. The Kier molecular flexibility index (Phi) is 27.3. The summed E-state index contributed by atoms with van der Waals surface area (Å²) in [4.78, 5) is 21.9. The third-order valence-corrected chi connectivity index (χ3v) is 5.23. The number of nitrogens with one attached hydrogen (secondary N) is 1. The second kappa shape index (κ2) is 22.6. The molecular weight excluding hydrogens is 374 g/mol. The molecule has 30 heavy (non-hydrogen) atoms. The first kappa shape index (κ1) is 36.3. The number of nitrogens with two attached hydrogens (primary N) is 2. The van der Waals surface area contributed by atoms with Crippen molar-refractivity contribution in [2.75, 3.05) is 13.1 Å². The first-order valence-corrected chi connectivity index (χ1v) is 11.6. The molecule has 0 bridgehead atoms.